The number of carbonyl (C=O) groups excluding carboxylic acids is 1. The molecule has 4 heteroatoms. The molecule has 3 fully saturated rings. The molecule has 0 aromatic carbocycles. The molecule has 2 aliphatic carbocycles. The minimum Gasteiger partial charge on any atom is -0.468 e. The van der Waals surface area contributed by atoms with Crippen LogP contribution in [-0.4, -0.2) is 48.7 Å². The lowest BCUT2D eigenvalue weighted by Gasteiger charge is -2.33. The van der Waals surface area contributed by atoms with Crippen molar-refractivity contribution in [3.8, 4) is 0 Å². The van der Waals surface area contributed by atoms with Crippen molar-refractivity contribution in [1.82, 2.24) is 10.2 Å². The molecule has 3 aliphatic rings. The van der Waals surface area contributed by atoms with Crippen LogP contribution in [0.5, 0.6) is 0 Å². The average Bonchev–Trinajstić information content (AvgIpc) is 3.16. The zero-order chi connectivity index (χ0) is 14.7. The number of ether oxygens (including phenoxy) is 1. The summed E-state index contributed by atoms with van der Waals surface area (Å²) in [5.41, 5.74) is -0.400. The van der Waals surface area contributed by atoms with Gasteiger partial charge in [-0.3, -0.25) is 10.1 Å². The minimum atomic E-state index is -0.400. The van der Waals surface area contributed by atoms with Crippen LogP contribution in [0.3, 0.4) is 0 Å². The first kappa shape index (κ1) is 15.3. The molecule has 0 aromatic heterocycles. The van der Waals surface area contributed by atoms with Crippen LogP contribution in [0.15, 0.2) is 0 Å². The number of nitrogens with one attached hydrogen (secondary N) is 1. The Morgan fingerprint density at radius 3 is 2.38 bits per heavy atom. The van der Waals surface area contributed by atoms with E-state index in [0.29, 0.717) is 12.1 Å². The highest BCUT2D eigenvalue weighted by Gasteiger charge is 2.49. The first-order valence-corrected chi connectivity index (χ1v) is 8.84. The molecule has 0 bridgehead atoms. The maximum Gasteiger partial charge on any atom is 0.326 e. The molecule has 120 valence electrons. The van der Waals surface area contributed by atoms with Crippen molar-refractivity contribution in [2.75, 3.05) is 20.2 Å². The van der Waals surface area contributed by atoms with Gasteiger partial charge in [0.15, 0.2) is 0 Å². The fourth-order valence-electron chi connectivity index (χ4n) is 4.16. The van der Waals surface area contributed by atoms with Gasteiger partial charge in [0.1, 0.15) is 5.54 Å². The van der Waals surface area contributed by atoms with Crippen LogP contribution in [-0.2, 0) is 9.53 Å². The smallest absolute Gasteiger partial charge is 0.326 e. The number of likely N-dealkylation sites (tertiary alicyclic amines) is 1. The molecule has 0 spiro atoms. The first-order chi connectivity index (χ1) is 10.2. The summed E-state index contributed by atoms with van der Waals surface area (Å²) < 4.78 is 5.13. The molecule has 3 rings (SSSR count). The fraction of sp³-hybridized carbons (Fsp3) is 0.941. The second-order valence-electron chi connectivity index (χ2n) is 7.19. The molecule has 0 aromatic rings. The summed E-state index contributed by atoms with van der Waals surface area (Å²) in [7, 11) is 1.53. The average molecular weight is 294 g/mol. The van der Waals surface area contributed by atoms with E-state index in [4.69, 9.17) is 4.74 Å². The maximum absolute atomic E-state index is 12.3. The Balaban J connectivity index is 1.64. The van der Waals surface area contributed by atoms with Gasteiger partial charge in [-0.2, -0.15) is 0 Å². The first-order valence-electron chi connectivity index (χ1n) is 8.84. The molecule has 0 radical (unpaired) electrons. The summed E-state index contributed by atoms with van der Waals surface area (Å²) in [4.78, 5) is 15.0. The lowest BCUT2D eigenvalue weighted by atomic mass is 9.96. The quantitative estimate of drug-likeness (QED) is 0.809. The van der Waals surface area contributed by atoms with Crippen molar-refractivity contribution in [2.45, 2.75) is 81.8 Å². The zero-order valence-electron chi connectivity index (χ0n) is 13.4. The predicted molar refractivity (Wildman–Crippen MR) is 83.2 cm³/mol. The summed E-state index contributed by atoms with van der Waals surface area (Å²) in [6.45, 7) is 2.43. The lowest BCUT2D eigenvalue weighted by molar-refractivity contribution is -0.148. The highest BCUT2D eigenvalue weighted by molar-refractivity contribution is 5.81. The van der Waals surface area contributed by atoms with Gasteiger partial charge in [-0.25, -0.2) is 0 Å². The molecule has 1 saturated heterocycles. The van der Waals surface area contributed by atoms with Crippen molar-refractivity contribution in [3.05, 3.63) is 0 Å². The van der Waals surface area contributed by atoms with E-state index in [1.807, 2.05) is 0 Å². The van der Waals surface area contributed by atoms with Crippen molar-refractivity contribution in [3.63, 3.8) is 0 Å². The number of hydrogen-bond donors (Lipinski definition) is 1. The third-order valence-electron chi connectivity index (χ3n) is 5.53. The molecule has 4 nitrogen and oxygen atoms in total. The maximum atomic E-state index is 12.3. The molecule has 21 heavy (non-hydrogen) atoms. The number of methoxy groups -OCH3 is 1. The normalized spacial score (nSPS) is 35.2. The van der Waals surface area contributed by atoms with Crippen LogP contribution in [0, 0.1) is 0 Å². The van der Waals surface area contributed by atoms with E-state index in [9.17, 15) is 4.79 Å². The largest absolute Gasteiger partial charge is 0.468 e. The summed E-state index contributed by atoms with van der Waals surface area (Å²) in [6.07, 6.45) is 12.2. The molecule has 1 N–H and O–H groups in total. The van der Waals surface area contributed by atoms with E-state index < -0.39 is 5.54 Å². The van der Waals surface area contributed by atoms with Gasteiger partial charge in [-0.1, -0.05) is 19.3 Å². The predicted octanol–water partition coefficient (Wildman–Crippen LogP) is 2.47. The Labute approximate surface area is 128 Å². The highest BCUT2D eigenvalue weighted by atomic mass is 16.5. The van der Waals surface area contributed by atoms with Crippen LogP contribution in [0.4, 0.5) is 0 Å². The highest BCUT2D eigenvalue weighted by Crippen LogP contribution is 2.37. The third kappa shape index (κ3) is 3.59. The SMILES string of the molecule is COC(=O)C1(NC2CC2)CCC(N2CCCCCCC2)C1. The Kier molecular flexibility index (Phi) is 4.85. The Morgan fingerprint density at radius 2 is 1.76 bits per heavy atom. The Morgan fingerprint density at radius 1 is 1.10 bits per heavy atom. The van der Waals surface area contributed by atoms with Gasteiger partial charge in [0.25, 0.3) is 0 Å². The van der Waals surface area contributed by atoms with Gasteiger partial charge in [0.05, 0.1) is 7.11 Å². The van der Waals surface area contributed by atoms with Crippen LogP contribution >= 0.6 is 0 Å². The summed E-state index contributed by atoms with van der Waals surface area (Å²) >= 11 is 0. The minimum absolute atomic E-state index is 0.0380. The molecule has 1 heterocycles. The summed E-state index contributed by atoms with van der Waals surface area (Å²) in [5.74, 6) is -0.0380. The monoisotopic (exact) mass is 294 g/mol. The van der Waals surface area contributed by atoms with Crippen LogP contribution in [0.2, 0.25) is 0 Å². The molecular weight excluding hydrogens is 264 g/mol. The fourth-order valence-corrected chi connectivity index (χ4v) is 4.16. The van der Waals surface area contributed by atoms with Crippen molar-refractivity contribution in [1.29, 1.82) is 0 Å². The zero-order valence-corrected chi connectivity index (χ0v) is 13.4. The van der Waals surface area contributed by atoms with E-state index in [-0.39, 0.29) is 5.97 Å². The van der Waals surface area contributed by atoms with Crippen LogP contribution in [0.25, 0.3) is 0 Å². The third-order valence-corrected chi connectivity index (χ3v) is 5.53. The van der Waals surface area contributed by atoms with Gasteiger partial charge >= 0.3 is 5.97 Å². The van der Waals surface area contributed by atoms with Gasteiger partial charge in [-0.15, -0.1) is 0 Å². The standard InChI is InChI=1S/C17H30N2O2/c1-21-16(20)17(18-14-7-8-14)10-9-15(13-17)19-11-5-3-2-4-6-12-19/h14-15,18H,2-13H2,1H3. The second kappa shape index (κ2) is 6.66. The topological polar surface area (TPSA) is 41.6 Å². The molecule has 2 unspecified atom stereocenters. The van der Waals surface area contributed by atoms with Crippen molar-refractivity contribution in [2.24, 2.45) is 0 Å². The number of esters is 1. The van der Waals surface area contributed by atoms with Crippen LogP contribution < -0.4 is 5.32 Å². The van der Waals surface area contributed by atoms with E-state index >= 15 is 0 Å². The molecule has 0 amide bonds. The number of rotatable bonds is 4. The molecule has 1 aliphatic heterocycles. The number of carbonyl (C=O) groups is 1. The number of nitrogens with zero attached hydrogens (tertiary/aromatic N) is 1. The molecular formula is C17H30N2O2. The van der Waals surface area contributed by atoms with Crippen molar-refractivity contribution < 1.29 is 9.53 Å². The van der Waals surface area contributed by atoms with Gasteiger partial charge in [0.2, 0.25) is 0 Å². The molecule has 2 atom stereocenters. The summed E-state index contributed by atoms with van der Waals surface area (Å²) in [5, 5.41) is 3.61. The Hall–Kier alpha value is -0.610. The lowest BCUT2D eigenvalue weighted by Crippen LogP contribution is -2.53. The molecule has 2 saturated carbocycles. The van der Waals surface area contributed by atoms with Crippen LogP contribution in [0.1, 0.15) is 64.2 Å². The van der Waals surface area contributed by atoms with Gasteiger partial charge < -0.3 is 9.64 Å². The van der Waals surface area contributed by atoms with Gasteiger partial charge in [0, 0.05) is 12.1 Å². The van der Waals surface area contributed by atoms with Crippen molar-refractivity contribution >= 4 is 5.97 Å². The second-order valence-corrected chi connectivity index (χ2v) is 7.19. The van der Waals surface area contributed by atoms with E-state index in [1.165, 1.54) is 65.1 Å². The Bertz CT molecular complexity index is 362. The van der Waals surface area contributed by atoms with E-state index in [2.05, 4.69) is 10.2 Å². The van der Waals surface area contributed by atoms with E-state index in [0.717, 1.165) is 19.3 Å². The van der Waals surface area contributed by atoms with Gasteiger partial charge in [-0.05, 0) is 58.0 Å². The number of hydrogen-bond acceptors (Lipinski definition) is 4. The van der Waals surface area contributed by atoms with E-state index in [1.54, 1.807) is 0 Å². The summed E-state index contributed by atoms with van der Waals surface area (Å²) in [6, 6.07) is 1.11.